The maximum Gasteiger partial charge on any atom is 0.0724 e. The topological polar surface area (TPSA) is 21.3 Å². The summed E-state index contributed by atoms with van der Waals surface area (Å²) in [5.41, 5.74) is 0. The Morgan fingerprint density at radius 2 is 2.42 bits per heavy atom. The zero-order chi connectivity index (χ0) is 8.97. The average Bonchev–Trinajstić information content (AvgIpc) is 2.47. The molecule has 0 amide bonds. The number of hydrogen-bond donors (Lipinski definition) is 1. The summed E-state index contributed by atoms with van der Waals surface area (Å²) in [5.74, 6) is 0. The minimum Gasteiger partial charge on any atom is -0.380 e. The molecule has 3 heteroatoms. The van der Waals surface area contributed by atoms with Crippen LogP contribution in [0.15, 0.2) is 11.6 Å². The van der Waals surface area contributed by atoms with Gasteiger partial charge in [0.1, 0.15) is 0 Å². The molecule has 1 aliphatic carbocycles. The Hall–Kier alpha value is -0.0500. The molecule has 70 valence electrons. The first-order valence-electron chi connectivity index (χ1n) is 4.33. The van der Waals surface area contributed by atoms with E-state index in [1.54, 1.807) is 7.11 Å². The Kier molecular flexibility index (Phi) is 4.06. The van der Waals surface area contributed by atoms with Crippen molar-refractivity contribution in [1.29, 1.82) is 0 Å². The second-order valence-corrected chi connectivity index (χ2v) is 3.74. The number of rotatable bonds is 4. The molecule has 0 aromatic carbocycles. The summed E-state index contributed by atoms with van der Waals surface area (Å²) in [6.45, 7) is 4.32. The SMILES string of the molecule is C=C(Cl)CNC1CCCC1OC. The number of halogens is 1. The molecule has 2 atom stereocenters. The fourth-order valence-electron chi connectivity index (χ4n) is 1.68. The van der Waals surface area contributed by atoms with Crippen molar-refractivity contribution in [3.05, 3.63) is 11.6 Å². The number of methoxy groups -OCH3 is 1. The Morgan fingerprint density at radius 3 is 3.00 bits per heavy atom. The van der Waals surface area contributed by atoms with Crippen LogP contribution in [0.3, 0.4) is 0 Å². The van der Waals surface area contributed by atoms with Gasteiger partial charge in [-0.15, -0.1) is 0 Å². The van der Waals surface area contributed by atoms with Crippen LogP contribution in [0.2, 0.25) is 0 Å². The van der Waals surface area contributed by atoms with Crippen molar-refractivity contribution in [3.63, 3.8) is 0 Å². The van der Waals surface area contributed by atoms with Gasteiger partial charge in [0.05, 0.1) is 6.10 Å². The molecule has 0 heterocycles. The van der Waals surface area contributed by atoms with Crippen LogP contribution in [0.4, 0.5) is 0 Å². The smallest absolute Gasteiger partial charge is 0.0724 e. The van der Waals surface area contributed by atoms with Crippen LogP contribution in [-0.2, 0) is 4.74 Å². The van der Waals surface area contributed by atoms with E-state index in [2.05, 4.69) is 11.9 Å². The first kappa shape index (κ1) is 10.0. The molecule has 12 heavy (non-hydrogen) atoms. The van der Waals surface area contributed by atoms with Crippen LogP contribution in [0.1, 0.15) is 19.3 Å². The second kappa shape index (κ2) is 4.85. The number of ether oxygens (including phenoxy) is 1. The van der Waals surface area contributed by atoms with Crippen LogP contribution < -0.4 is 5.32 Å². The predicted octanol–water partition coefficient (Wildman–Crippen LogP) is 1.90. The summed E-state index contributed by atoms with van der Waals surface area (Å²) >= 11 is 5.65. The van der Waals surface area contributed by atoms with E-state index in [9.17, 15) is 0 Å². The largest absolute Gasteiger partial charge is 0.380 e. The molecule has 0 aromatic rings. The van der Waals surface area contributed by atoms with E-state index in [-0.39, 0.29) is 0 Å². The van der Waals surface area contributed by atoms with Crippen molar-refractivity contribution < 1.29 is 4.74 Å². The molecule has 0 radical (unpaired) electrons. The van der Waals surface area contributed by atoms with Crippen LogP contribution in [-0.4, -0.2) is 25.8 Å². The lowest BCUT2D eigenvalue weighted by molar-refractivity contribution is 0.0863. The van der Waals surface area contributed by atoms with E-state index in [4.69, 9.17) is 16.3 Å². The van der Waals surface area contributed by atoms with Crippen molar-refractivity contribution in [2.75, 3.05) is 13.7 Å². The third-order valence-electron chi connectivity index (χ3n) is 2.31. The molecule has 1 N–H and O–H groups in total. The molecule has 1 saturated carbocycles. The van der Waals surface area contributed by atoms with Gasteiger partial charge in [-0.3, -0.25) is 0 Å². The van der Waals surface area contributed by atoms with E-state index >= 15 is 0 Å². The van der Waals surface area contributed by atoms with E-state index in [0.717, 1.165) is 6.42 Å². The van der Waals surface area contributed by atoms with Crippen LogP contribution >= 0.6 is 11.6 Å². The van der Waals surface area contributed by atoms with Gasteiger partial charge in [-0.1, -0.05) is 18.2 Å². The minimum absolute atomic E-state index is 0.362. The number of nitrogens with one attached hydrogen (secondary N) is 1. The molecule has 2 unspecified atom stereocenters. The fourth-order valence-corrected chi connectivity index (χ4v) is 1.76. The summed E-state index contributed by atoms with van der Waals surface area (Å²) in [5, 5.41) is 3.99. The molecule has 0 aliphatic heterocycles. The predicted molar refractivity (Wildman–Crippen MR) is 51.4 cm³/mol. The highest BCUT2D eigenvalue weighted by atomic mass is 35.5. The Morgan fingerprint density at radius 1 is 1.67 bits per heavy atom. The van der Waals surface area contributed by atoms with Crippen molar-refractivity contribution >= 4 is 11.6 Å². The zero-order valence-corrected chi connectivity index (χ0v) is 8.23. The van der Waals surface area contributed by atoms with Crippen LogP contribution in [0.5, 0.6) is 0 Å². The van der Waals surface area contributed by atoms with Crippen molar-refractivity contribution in [2.24, 2.45) is 0 Å². The summed E-state index contributed by atoms with van der Waals surface area (Å²) in [4.78, 5) is 0. The molecule has 0 aromatic heterocycles. The molecular formula is C9H16ClNO. The highest BCUT2D eigenvalue weighted by Crippen LogP contribution is 2.21. The van der Waals surface area contributed by atoms with Gasteiger partial charge in [0.15, 0.2) is 0 Å². The van der Waals surface area contributed by atoms with Crippen LogP contribution in [0.25, 0.3) is 0 Å². The summed E-state index contributed by atoms with van der Waals surface area (Å²) in [7, 11) is 1.76. The lowest BCUT2D eigenvalue weighted by atomic mass is 10.2. The first-order chi connectivity index (χ1) is 5.74. The van der Waals surface area contributed by atoms with Gasteiger partial charge in [-0.2, -0.15) is 0 Å². The molecule has 1 rings (SSSR count). The zero-order valence-electron chi connectivity index (χ0n) is 7.48. The van der Waals surface area contributed by atoms with Gasteiger partial charge < -0.3 is 10.1 Å². The lowest BCUT2D eigenvalue weighted by Gasteiger charge is -2.19. The summed E-state index contributed by atoms with van der Waals surface area (Å²) in [6.07, 6.45) is 3.94. The van der Waals surface area contributed by atoms with Crippen molar-refractivity contribution in [3.8, 4) is 0 Å². The Balaban J connectivity index is 2.26. The molecule has 0 saturated heterocycles. The van der Waals surface area contributed by atoms with Crippen molar-refractivity contribution in [1.82, 2.24) is 5.32 Å². The lowest BCUT2D eigenvalue weighted by Crippen LogP contribution is -2.37. The Labute approximate surface area is 78.9 Å². The standard InChI is InChI=1S/C9H16ClNO/c1-7(10)6-11-8-4-3-5-9(8)12-2/h8-9,11H,1,3-6H2,2H3. The van der Waals surface area contributed by atoms with E-state index in [0.29, 0.717) is 23.7 Å². The average molecular weight is 190 g/mol. The highest BCUT2D eigenvalue weighted by Gasteiger charge is 2.26. The minimum atomic E-state index is 0.362. The van der Waals surface area contributed by atoms with E-state index < -0.39 is 0 Å². The molecule has 0 spiro atoms. The van der Waals surface area contributed by atoms with Crippen LogP contribution in [0, 0.1) is 0 Å². The highest BCUT2D eigenvalue weighted by molar-refractivity contribution is 6.29. The summed E-state index contributed by atoms with van der Waals surface area (Å²) < 4.78 is 5.32. The molecule has 2 nitrogen and oxygen atoms in total. The van der Waals surface area contributed by atoms with Gasteiger partial charge >= 0.3 is 0 Å². The van der Waals surface area contributed by atoms with E-state index in [1.165, 1.54) is 12.8 Å². The van der Waals surface area contributed by atoms with Crippen molar-refractivity contribution in [2.45, 2.75) is 31.4 Å². The van der Waals surface area contributed by atoms with Gasteiger partial charge in [-0.25, -0.2) is 0 Å². The van der Waals surface area contributed by atoms with Gasteiger partial charge in [-0.05, 0) is 19.3 Å². The molecular weight excluding hydrogens is 174 g/mol. The molecule has 1 aliphatic rings. The maximum atomic E-state index is 5.65. The monoisotopic (exact) mass is 189 g/mol. The third kappa shape index (κ3) is 2.77. The molecule has 1 fully saturated rings. The quantitative estimate of drug-likeness (QED) is 0.730. The van der Waals surface area contributed by atoms with Gasteiger partial charge in [0, 0.05) is 24.7 Å². The first-order valence-corrected chi connectivity index (χ1v) is 4.71. The second-order valence-electron chi connectivity index (χ2n) is 3.21. The Bertz CT molecular complexity index is 161. The molecule has 0 bridgehead atoms. The third-order valence-corrected chi connectivity index (χ3v) is 2.45. The number of hydrogen-bond acceptors (Lipinski definition) is 2. The fraction of sp³-hybridized carbons (Fsp3) is 0.778. The maximum absolute atomic E-state index is 5.65. The van der Waals surface area contributed by atoms with E-state index in [1.807, 2.05) is 0 Å². The normalized spacial score (nSPS) is 29.2. The van der Waals surface area contributed by atoms with Gasteiger partial charge in [0.2, 0.25) is 0 Å². The van der Waals surface area contributed by atoms with Gasteiger partial charge in [0.25, 0.3) is 0 Å². The summed E-state index contributed by atoms with van der Waals surface area (Å²) in [6, 6.07) is 0.463.